The molecule has 0 aliphatic heterocycles. The van der Waals surface area contributed by atoms with Crippen molar-refractivity contribution in [3.63, 3.8) is 0 Å². The minimum atomic E-state index is 0.535. The molecule has 0 aromatic heterocycles. The van der Waals surface area contributed by atoms with Crippen LogP contribution in [0.1, 0.15) is 5.56 Å². The van der Waals surface area contributed by atoms with Crippen LogP contribution < -0.4 is 16.6 Å². The van der Waals surface area contributed by atoms with Gasteiger partial charge in [-0.05, 0) is 25.1 Å². The number of rotatable bonds is 3. The topological polar surface area (TPSA) is 55.3 Å². The van der Waals surface area contributed by atoms with Crippen molar-refractivity contribution in [2.45, 2.75) is 6.92 Å². The van der Waals surface area contributed by atoms with Gasteiger partial charge in [0.05, 0.1) is 5.69 Å². The lowest BCUT2D eigenvalue weighted by Crippen LogP contribution is -2.25. The molecule has 0 atom stereocenters. The number of aryl methyl sites for hydroxylation is 1. The Morgan fingerprint density at radius 2 is 1.93 bits per heavy atom. The lowest BCUT2D eigenvalue weighted by molar-refractivity contribution is 1.06. The molecule has 4 N–H and O–H groups in total. The highest BCUT2D eigenvalue weighted by Gasteiger charge is 1.96. The molecule has 0 aliphatic carbocycles. The van der Waals surface area contributed by atoms with Crippen molar-refractivity contribution in [2.75, 3.05) is 5.01 Å². The summed E-state index contributed by atoms with van der Waals surface area (Å²) in [5, 5.41) is 1.47. The third-order valence-electron chi connectivity index (χ3n) is 1.86. The van der Waals surface area contributed by atoms with Crippen LogP contribution in [-0.4, -0.2) is 0 Å². The van der Waals surface area contributed by atoms with E-state index < -0.39 is 0 Å². The van der Waals surface area contributed by atoms with Gasteiger partial charge in [0.15, 0.2) is 0 Å². The van der Waals surface area contributed by atoms with E-state index in [1.54, 1.807) is 12.3 Å². The van der Waals surface area contributed by atoms with Crippen LogP contribution in [0.2, 0.25) is 0 Å². The van der Waals surface area contributed by atoms with E-state index in [4.69, 9.17) is 11.6 Å². The first-order valence-electron chi connectivity index (χ1n) is 4.34. The normalized spacial score (nSPS) is 11.1. The molecular formula is C11H15N3. The standard InChI is InChI=1S/C11H15N3/c1-3-10(12)8-14(13)11-6-4-9(2)5-7-11/h3-8H,1,12-13H2,2H3/b10-8-. The molecule has 3 nitrogen and oxygen atoms in total. The Kier molecular flexibility index (Phi) is 3.31. The summed E-state index contributed by atoms with van der Waals surface area (Å²) >= 11 is 0. The summed E-state index contributed by atoms with van der Waals surface area (Å²) < 4.78 is 0. The first-order valence-corrected chi connectivity index (χ1v) is 4.34. The number of nitrogens with zero attached hydrogens (tertiary/aromatic N) is 1. The van der Waals surface area contributed by atoms with Gasteiger partial charge in [-0.3, -0.25) is 5.01 Å². The van der Waals surface area contributed by atoms with E-state index in [0.717, 1.165) is 5.69 Å². The Bertz CT molecular complexity index is 338. The van der Waals surface area contributed by atoms with Crippen molar-refractivity contribution < 1.29 is 0 Å². The van der Waals surface area contributed by atoms with Crippen LogP contribution in [0.5, 0.6) is 0 Å². The largest absolute Gasteiger partial charge is 0.398 e. The molecule has 1 aromatic carbocycles. The van der Waals surface area contributed by atoms with E-state index >= 15 is 0 Å². The summed E-state index contributed by atoms with van der Waals surface area (Å²) in [4.78, 5) is 0. The molecular weight excluding hydrogens is 174 g/mol. The highest BCUT2D eigenvalue weighted by Crippen LogP contribution is 2.12. The van der Waals surface area contributed by atoms with Crippen LogP contribution in [0.15, 0.2) is 48.8 Å². The van der Waals surface area contributed by atoms with Gasteiger partial charge < -0.3 is 5.73 Å². The Morgan fingerprint density at radius 1 is 1.36 bits per heavy atom. The van der Waals surface area contributed by atoms with Crippen molar-refractivity contribution in [1.29, 1.82) is 0 Å². The highest BCUT2D eigenvalue weighted by molar-refractivity contribution is 5.49. The van der Waals surface area contributed by atoms with E-state index in [2.05, 4.69) is 6.58 Å². The second-order valence-electron chi connectivity index (χ2n) is 3.08. The summed E-state index contributed by atoms with van der Waals surface area (Å²) in [5.74, 6) is 5.75. The second-order valence-corrected chi connectivity index (χ2v) is 3.08. The third kappa shape index (κ3) is 2.64. The van der Waals surface area contributed by atoms with Gasteiger partial charge in [-0.15, -0.1) is 0 Å². The Morgan fingerprint density at radius 3 is 2.43 bits per heavy atom. The van der Waals surface area contributed by atoms with Gasteiger partial charge >= 0.3 is 0 Å². The third-order valence-corrected chi connectivity index (χ3v) is 1.86. The smallest absolute Gasteiger partial charge is 0.0569 e. The van der Waals surface area contributed by atoms with Crippen LogP contribution in [0.4, 0.5) is 5.69 Å². The molecule has 0 heterocycles. The quantitative estimate of drug-likeness (QED) is 0.432. The monoisotopic (exact) mass is 189 g/mol. The molecule has 0 radical (unpaired) electrons. The van der Waals surface area contributed by atoms with Crippen molar-refractivity contribution in [3.05, 3.63) is 54.4 Å². The molecule has 0 amide bonds. The molecule has 3 heteroatoms. The highest BCUT2D eigenvalue weighted by atomic mass is 15.4. The number of anilines is 1. The Hall–Kier alpha value is -1.74. The summed E-state index contributed by atoms with van der Waals surface area (Å²) in [6, 6.07) is 7.85. The SMILES string of the molecule is C=C/C(N)=C/N(N)c1ccc(C)cc1. The number of nitrogens with two attached hydrogens (primary N) is 2. The lowest BCUT2D eigenvalue weighted by Gasteiger charge is -2.14. The number of hydrazine groups is 1. The van der Waals surface area contributed by atoms with Gasteiger partial charge in [-0.25, -0.2) is 5.84 Å². The molecule has 0 saturated heterocycles. The van der Waals surface area contributed by atoms with Crippen LogP contribution in [0.25, 0.3) is 0 Å². The zero-order valence-corrected chi connectivity index (χ0v) is 8.27. The van der Waals surface area contributed by atoms with Crippen molar-refractivity contribution >= 4 is 5.69 Å². The van der Waals surface area contributed by atoms with E-state index in [1.807, 2.05) is 31.2 Å². The van der Waals surface area contributed by atoms with Gasteiger partial charge in [-0.1, -0.05) is 24.3 Å². The zero-order valence-electron chi connectivity index (χ0n) is 8.27. The van der Waals surface area contributed by atoms with Crippen LogP contribution >= 0.6 is 0 Å². The molecule has 1 aromatic rings. The van der Waals surface area contributed by atoms with Crippen molar-refractivity contribution in [2.24, 2.45) is 11.6 Å². The van der Waals surface area contributed by atoms with E-state index in [-0.39, 0.29) is 0 Å². The van der Waals surface area contributed by atoms with Gasteiger partial charge in [0, 0.05) is 11.9 Å². The number of allylic oxidation sites excluding steroid dienone is 1. The maximum atomic E-state index is 5.75. The van der Waals surface area contributed by atoms with Gasteiger partial charge in [-0.2, -0.15) is 0 Å². The summed E-state index contributed by atoms with van der Waals surface area (Å²) in [7, 11) is 0. The minimum Gasteiger partial charge on any atom is -0.398 e. The fourth-order valence-corrected chi connectivity index (χ4v) is 1.00. The molecule has 0 bridgehead atoms. The molecule has 1 rings (SSSR count). The van der Waals surface area contributed by atoms with E-state index in [0.29, 0.717) is 5.70 Å². The van der Waals surface area contributed by atoms with Crippen LogP contribution in [-0.2, 0) is 0 Å². The molecule has 74 valence electrons. The lowest BCUT2D eigenvalue weighted by atomic mass is 10.2. The average Bonchev–Trinajstić information content (AvgIpc) is 2.18. The van der Waals surface area contributed by atoms with E-state index in [9.17, 15) is 0 Å². The summed E-state index contributed by atoms with van der Waals surface area (Å²) in [6.07, 6.45) is 3.17. The van der Waals surface area contributed by atoms with Gasteiger partial charge in [0.25, 0.3) is 0 Å². The first-order chi connectivity index (χ1) is 6.63. The van der Waals surface area contributed by atoms with Crippen LogP contribution in [0.3, 0.4) is 0 Å². The Labute approximate surface area is 84.3 Å². The minimum absolute atomic E-state index is 0.535. The predicted octanol–water partition coefficient (Wildman–Crippen LogP) is 1.66. The summed E-state index contributed by atoms with van der Waals surface area (Å²) in [5.41, 5.74) is 8.18. The second kappa shape index (κ2) is 4.48. The maximum absolute atomic E-state index is 5.75. The average molecular weight is 189 g/mol. The van der Waals surface area contributed by atoms with Gasteiger partial charge in [0.1, 0.15) is 0 Å². The number of benzene rings is 1. The Balaban J connectivity index is 2.84. The first kappa shape index (κ1) is 10.3. The number of hydrogen-bond donors (Lipinski definition) is 2. The molecule has 0 spiro atoms. The molecule has 14 heavy (non-hydrogen) atoms. The number of hydrogen-bond acceptors (Lipinski definition) is 3. The fourth-order valence-electron chi connectivity index (χ4n) is 1.00. The fraction of sp³-hybridized carbons (Fsp3) is 0.0909. The van der Waals surface area contributed by atoms with E-state index in [1.165, 1.54) is 10.6 Å². The molecule has 0 saturated carbocycles. The molecule has 0 fully saturated rings. The van der Waals surface area contributed by atoms with Crippen LogP contribution in [0, 0.1) is 6.92 Å². The predicted molar refractivity (Wildman–Crippen MR) is 60.3 cm³/mol. The van der Waals surface area contributed by atoms with Crippen molar-refractivity contribution in [1.82, 2.24) is 0 Å². The maximum Gasteiger partial charge on any atom is 0.0569 e. The zero-order chi connectivity index (χ0) is 10.6. The molecule has 0 aliphatic rings. The summed E-state index contributed by atoms with van der Waals surface area (Å²) in [6.45, 7) is 5.57. The van der Waals surface area contributed by atoms with Crippen molar-refractivity contribution in [3.8, 4) is 0 Å². The molecule has 0 unspecified atom stereocenters. The van der Waals surface area contributed by atoms with Gasteiger partial charge in [0.2, 0.25) is 0 Å².